The van der Waals surface area contributed by atoms with Crippen LogP contribution < -0.4 is 15.4 Å². The maximum atomic E-state index is 11.7. The molecule has 0 radical (unpaired) electrons. The molecule has 1 unspecified atom stereocenters. The third-order valence-corrected chi connectivity index (χ3v) is 5.86. The van der Waals surface area contributed by atoms with Crippen LogP contribution in [0.25, 0.3) is 0 Å². The SMILES string of the molecule is O=c1[nH]ncc(N2CCCC(CN3CCN(c4ccccn4)CC3)C2)c1Cl. The van der Waals surface area contributed by atoms with Gasteiger partial charge < -0.3 is 9.80 Å². The molecule has 2 saturated heterocycles. The fraction of sp³-hybridized carbons (Fsp3) is 0.526. The lowest BCUT2D eigenvalue weighted by molar-refractivity contribution is 0.205. The number of pyridine rings is 1. The van der Waals surface area contributed by atoms with Crippen molar-refractivity contribution in [1.29, 1.82) is 0 Å². The highest BCUT2D eigenvalue weighted by Crippen LogP contribution is 2.27. The zero-order valence-corrected chi connectivity index (χ0v) is 16.1. The number of piperazine rings is 1. The van der Waals surface area contributed by atoms with E-state index in [1.807, 2.05) is 18.3 Å². The minimum atomic E-state index is -0.318. The van der Waals surface area contributed by atoms with Gasteiger partial charge in [0.1, 0.15) is 10.8 Å². The number of halogens is 1. The number of rotatable bonds is 4. The van der Waals surface area contributed by atoms with Crippen molar-refractivity contribution < 1.29 is 0 Å². The first-order valence-electron chi connectivity index (χ1n) is 9.57. The molecular formula is C19H25ClN6O. The van der Waals surface area contributed by atoms with Crippen LogP contribution in [0.2, 0.25) is 5.02 Å². The first-order valence-corrected chi connectivity index (χ1v) is 9.95. The number of aromatic nitrogens is 3. The van der Waals surface area contributed by atoms with Crippen molar-refractivity contribution in [3.63, 3.8) is 0 Å². The van der Waals surface area contributed by atoms with E-state index in [-0.39, 0.29) is 10.6 Å². The van der Waals surface area contributed by atoms with Gasteiger partial charge >= 0.3 is 0 Å². The molecule has 0 aromatic carbocycles. The summed E-state index contributed by atoms with van der Waals surface area (Å²) >= 11 is 6.19. The molecule has 2 aliphatic heterocycles. The van der Waals surface area contributed by atoms with Crippen molar-refractivity contribution in [1.82, 2.24) is 20.1 Å². The highest BCUT2D eigenvalue weighted by atomic mass is 35.5. The van der Waals surface area contributed by atoms with Crippen LogP contribution in [0.5, 0.6) is 0 Å². The lowest BCUT2D eigenvalue weighted by atomic mass is 9.96. The molecule has 2 aromatic rings. The molecule has 0 spiro atoms. The summed E-state index contributed by atoms with van der Waals surface area (Å²) in [5.74, 6) is 1.65. The monoisotopic (exact) mass is 388 g/mol. The average molecular weight is 389 g/mol. The highest BCUT2D eigenvalue weighted by Gasteiger charge is 2.26. The van der Waals surface area contributed by atoms with Gasteiger partial charge in [-0.3, -0.25) is 9.69 Å². The number of hydrogen-bond donors (Lipinski definition) is 1. The molecule has 4 heterocycles. The van der Waals surface area contributed by atoms with Crippen LogP contribution in [0.1, 0.15) is 12.8 Å². The van der Waals surface area contributed by atoms with Gasteiger partial charge in [0.15, 0.2) is 0 Å². The summed E-state index contributed by atoms with van der Waals surface area (Å²) in [5.41, 5.74) is 0.437. The molecule has 4 rings (SSSR count). The molecule has 144 valence electrons. The second-order valence-corrected chi connectivity index (χ2v) is 7.71. The maximum Gasteiger partial charge on any atom is 0.285 e. The molecule has 0 aliphatic carbocycles. The topological polar surface area (TPSA) is 68.4 Å². The van der Waals surface area contributed by atoms with Gasteiger partial charge in [-0.25, -0.2) is 10.1 Å². The van der Waals surface area contributed by atoms with Crippen molar-refractivity contribution in [2.75, 3.05) is 55.6 Å². The van der Waals surface area contributed by atoms with Gasteiger partial charge in [-0.1, -0.05) is 17.7 Å². The fourth-order valence-corrected chi connectivity index (χ4v) is 4.30. The van der Waals surface area contributed by atoms with Crippen molar-refractivity contribution in [3.8, 4) is 0 Å². The smallest absolute Gasteiger partial charge is 0.285 e. The summed E-state index contributed by atoms with van der Waals surface area (Å²) < 4.78 is 0. The van der Waals surface area contributed by atoms with Crippen LogP contribution in [0, 0.1) is 5.92 Å². The lowest BCUT2D eigenvalue weighted by Crippen LogP contribution is -2.50. The molecule has 8 heteroatoms. The quantitative estimate of drug-likeness (QED) is 0.862. The minimum absolute atomic E-state index is 0.245. The van der Waals surface area contributed by atoms with Gasteiger partial charge in [0.2, 0.25) is 0 Å². The summed E-state index contributed by atoms with van der Waals surface area (Å²) in [6, 6.07) is 6.07. The van der Waals surface area contributed by atoms with E-state index in [9.17, 15) is 4.79 Å². The van der Waals surface area contributed by atoms with Gasteiger partial charge in [-0.05, 0) is 30.9 Å². The Morgan fingerprint density at radius 3 is 2.78 bits per heavy atom. The van der Waals surface area contributed by atoms with E-state index < -0.39 is 0 Å². The van der Waals surface area contributed by atoms with Gasteiger partial charge in [-0.2, -0.15) is 5.10 Å². The predicted molar refractivity (Wildman–Crippen MR) is 108 cm³/mol. The van der Waals surface area contributed by atoms with E-state index in [1.54, 1.807) is 6.20 Å². The molecule has 0 bridgehead atoms. The predicted octanol–water partition coefficient (Wildman–Crippen LogP) is 1.86. The Kier molecular flexibility index (Phi) is 5.59. The Balaban J connectivity index is 1.32. The summed E-state index contributed by atoms with van der Waals surface area (Å²) in [6.45, 7) is 7.07. The van der Waals surface area contributed by atoms with Crippen LogP contribution in [0.4, 0.5) is 11.5 Å². The van der Waals surface area contributed by atoms with E-state index in [4.69, 9.17) is 11.6 Å². The van der Waals surface area contributed by atoms with Gasteiger partial charge in [0.25, 0.3) is 5.56 Å². The molecule has 1 atom stereocenters. The Hall–Kier alpha value is -2.12. The van der Waals surface area contributed by atoms with E-state index >= 15 is 0 Å². The van der Waals surface area contributed by atoms with Crippen molar-refractivity contribution in [2.45, 2.75) is 12.8 Å². The van der Waals surface area contributed by atoms with Gasteiger partial charge in [0.05, 0.1) is 11.9 Å². The summed E-state index contributed by atoms with van der Waals surface area (Å²) in [7, 11) is 0. The first kappa shape index (κ1) is 18.3. The number of piperidine rings is 1. The number of anilines is 2. The van der Waals surface area contributed by atoms with Crippen molar-refractivity contribution in [3.05, 3.63) is 46.0 Å². The number of H-pyrrole nitrogens is 1. The zero-order valence-electron chi connectivity index (χ0n) is 15.4. The normalized spacial score (nSPS) is 21.4. The summed E-state index contributed by atoms with van der Waals surface area (Å²) in [4.78, 5) is 23.3. The van der Waals surface area contributed by atoms with Crippen LogP contribution in [-0.2, 0) is 0 Å². The number of aromatic amines is 1. The number of nitrogens with zero attached hydrogens (tertiary/aromatic N) is 5. The summed E-state index contributed by atoms with van der Waals surface area (Å²) in [5, 5.41) is 6.55. The molecule has 0 amide bonds. The van der Waals surface area contributed by atoms with Crippen molar-refractivity contribution >= 4 is 23.1 Å². The Labute approximate surface area is 163 Å². The summed E-state index contributed by atoms with van der Waals surface area (Å²) in [6.07, 6.45) is 5.84. The molecule has 2 aromatic heterocycles. The molecule has 27 heavy (non-hydrogen) atoms. The zero-order chi connectivity index (χ0) is 18.6. The van der Waals surface area contributed by atoms with E-state index in [0.29, 0.717) is 5.92 Å². The molecule has 7 nitrogen and oxygen atoms in total. The Morgan fingerprint density at radius 2 is 2.00 bits per heavy atom. The molecule has 2 aliphatic rings. The van der Waals surface area contributed by atoms with E-state index in [2.05, 4.69) is 35.9 Å². The van der Waals surface area contributed by atoms with Crippen LogP contribution in [0.15, 0.2) is 35.4 Å². The Bertz CT molecular complexity index is 805. The molecule has 2 fully saturated rings. The van der Waals surface area contributed by atoms with E-state index in [1.165, 1.54) is 6.42 Å². The second-order valence-electron chi connectivity index (χ2n) is 7.33. The molecular weight excluding hydrogens is 364 g/mol. The van der Waals surface area contributed by atoms with Crippen LogP contribution >= 0.6 is 11.6 Å². The largest absolute Gasteiger partial charge is 0.369 e. The van der Waals surface area contributed by atoms with Gasteiger partial charge in [-0.15, -0.1) is 0 Å². The second kappa shape index (κ2) is 8.27. The van der Waals surface area contributed by atoms with E-state index in [0.717, 1.165) is 63.7 Å². The minimum Gasteiger partial charge on any atom is -0.369 e. The lowest BCUT2D eigenvalue weighted by Gasteiger charge is -2.40. The highest BCUT2D eigenvalue weighted by molar-refractivity contribution is 6.32. The number of hydrogen-bond acceptors (Lipinski definition) is 6. The Morgan fingerprint density at radius 1 is 1.15 bits per heavy atom. The van der Waals surface area contributed by atoms with Crippen molar-refractivity contribution in [2.24, 2.45) is 5.92 Å². The molecule has 0 saturated carbocycles. The van der Waals surface area contributed by atoms with Gasteiger partial charge in [0, 0.05) is 52.0 Å². The fourth-order valence-electron chi connectivity index (χ4n) is 4.09. The third kappa shape index (κ3) is 4.25. The van der Waals surface area contributed by atoms with Crippen LogP contribution in [0.3, 0.4) is 0 Å². The first-order chi connectivity index (χ1) is 13.2. The third-order valence-electron chi connectivity index (χ3n) is 5.50. The molecule has 1 N–H and O–H groups in total. The van der Waals surface area contributed by atoms with Crippen LogP contribution in [-0.4, -0.2) is 65.9 Å². The maximum absolute atomic E-state index is 11.7. The standard InChI is InChI=1S/C19H25ClN6O/c20-18-16(12-22-23-19(18)27)26-7-3-4-15(14-26)13-24-8-10-25(11-9-24)17-5-1-2-6-21-17/h1-2,5-6,12,15H,3-4,7-11,13-14H2,(H,23,27). The number of nitrogens with one attached hydrogen (secondary N) is 1. The average Bonchev–Trinajstić information content (AvgIpc) is 2.71.